The fraction of sp³-hybridized carbons (Fsp3) is 0.333. The van der Waals surface area contributed by atoms with Crippen molar-refractivity contribution in [2.45, 2.75) is 11.8 Å². The van der Waals surface area contributed by atoms with E-state index in [1.807, 2.05) is 0 Å². The fourth-order valence-electron chi connectivity index (χ4n) is 0.717. The summed E-state index contributed by atoms with van der Waals surface area (Å²) in [6, 6.07) is 0. The van der Waals surface area contributed by atoms with Crippen molar-refractivity contribution in [2.75, 3.05) is 0 Å². The van der Waals surface area contributed by atoms with Gasteiger partial charge in [0, 0.05) is 0 Å². The fourth-order valence-corrected chi connectivity index (χ4v) is 1.18. The molecule has 4 nitrogen and oxygen atoms in total. The van der Waals surface area contributed by atoms with Crippen LogP contribution in [-0.2, 0) is 10.1 Å². The molecule has 0 radical (unpaired) electrons. The highest BCUT2D eigenvalue weighted by atomic mass is 32.2. The predicted molar refractivity (Wildman–Crippen MR) is 41.4 cm³/mol. The Morgan fingerprint density at radius 2 is 2.09 bits per heavy atom. The van der Waals surface area contributed by atoms with Gasteiger partial charge in [0.25, 0.3) is 10.1 Å². The van der Waals surface area contributed by atoms with E-state index in [-0.39, 0.29) is 0 Å². The summed E-state index contributed by atoms with van der Waals surface area (Å²) in [6.07, 6.45) is 6.05. The van der Waals surface area contributed by atoms with Crippen molar-refractivity contribution < 1.29 is 13.0 Å². The molecule has 1 atom stereocenters. The van der Waals surface area contributed by atoms with E-state index in [9.17, 15) is 8.42 Å². The van der Waals surface area contributed by atoms with E-state index in [0.29, 0.717) is 0 Å². The Morgan fingerprint density at radius 3 is 2.36 bits per heavy atom. The lowest BCUT2D eigenvalue weighted by molar-refractivity contribution is 0.441. The molecule has 1 aliphatic rings. The summed E-state index contributed by atoms with van der Waals surface area (Å²) >= 11 is 0. The van der Waals surface area contributed by atoms with Crippen LogP contribution in [-0.4, -0.2) is 17.8 Å². The van der Waals surface area contributed by atoms with Crippen molar-refractivity contribution in [1.82, 2.24) is 5.32 Å². The van der Waals surface area contributed by atoms with Crippen LogP contribution in [0.15, 0.2) is 24.4 Å². The Labute approximate surface area is 65.4 Å². The number of rotatable bonds is 1. The average molecular weight is 175 g/mol. The van der Waals surface area contributed by atoms with E-state index in [0.717, 1.165) is 0 Å². The monoisotopic (exact) mass is 175 g/mol. The van der Waals surface area contributed by atoms with E-state index < -0.39 is 15.0 Å². The van der Waals surface area contributed by atoms with Crippen molar-refractivity contribution in [3.63, 3.8) is 0 Å². The topological polar surface area (TPSA) is 66.4 Å². The third-order valence-corrected chi connectivity index (χ3v) is 2.85. The second kappa shape index (κ2) is 2.35. The molecule has 5 heteroatoms. The number of nitrogens with one attached hydrogen (secondary N) is 1. The molecule has 0 saturated heterocycles. The van der Waals surface area contributed by atoms with Gasteiger partial charge in [0.1, 0.15) is 0 Å². The minimum absolute atomic E-state index is 1.37. The Morgan fingerprint density at radius 1 is 1.45 bits per heavy atom. The van der Waals surface area contributed by atoms with Gasteiger partial charge in [-0.1, -0.05) is 6.08 Å². The zero-order valence-corrected chi connectivity index (χ0v) is 6.80. The summed E-state index contributed by atoms with van der Waals surface area (Å²) in [4.78, 5) is -1.37. The van der Waals surface area contributed by atoms with E-state index in [4.69, 9.17) is 4.55 Å². The summed E-state index contributed by atoms with van der Waals surface area (Å²) in [6.45, 7) is 1.38. The molecule has 2 N–H and O–H groups in total. The standard InChI is InChI=1S/C6H9NO3S/c1-6(11(8,9)10)4-2-3-5-7-6/h2-5,7H,1H3,(H,8,9,10). The van der Waals surface area contributed by atoms with Gasteiger partial charge in [-0.2, -0.15) is 8.42 Å². The van der Waals surface area contributed by atoms with Crippen molar-refractivity contribution in [3.05, 3.63) is 24.4 Å². The van der Waals surface area contributed by atoms with E-state index >= 15 is 0 Å². The molecular weight excluding hydrogens is 166 g/mol. The summed E-state index contributed by atoms with van der Waals surface area (Å²) in [5, 5.41) is 2.53. The molecule has 0 saturated carbocycles. The SMILES string of the molecule is CC1(S(=O)(=O)O)C=CC=CN1. The molecule has 0 aliphatic carbocycles. The molecule has 1 heterocycles. The maximum atomic E-state index is 10.7. The third-order valence-electron chi connectivity index (χ3n) is 1.53. The highest BCUT2D eigenvalue weighted by Gasteiger charge is 2.34. The maximum absolute atomic E-state index is 10.7. The predicted octanol–water partition coefficient (Wildman–Crippen LogP) is 0.264. The Balaban J connectivity index is 3.04. The van der Waals surface area contributed by atoms with Gasteiger partial charge in [-0.05, 0) is 25.3 Å². The number of allylic oxidation sites excluding steroid dienone is 2. The van der Waals surface area contributed by atoms with Crippen LogP contribution in [0, 0.1) is 0 Å². The van der Waals surface area contributed by atoms with Crippen molar-refractivity contribution in [2.24, 2.45) is 0 Å². The second-order valence-electron chi connectivity index (χ2n) is 2.44. The van der Waals surface area contributed by atoms with E-state index in [1.54, 1.807) is 12.2 Å². The molecular formula is C6H9NO3S. The molecule has 0 bridgehead atoms. The normalized spacial score (nSPS) is 30.0. The smallest absolute Gasteiger partial charge is 0.292 e. The quantitative estimate of drug-likeness (QED) is 0.561. The molecule has 11 heavy (non-hydrogen) atoms. The van der Waals surface area contributed by atoms with E-state index in [2.05, 4.69) is 5.32 Å². The second-order valence-corrected chi connectivity index (χ2v) is 4.24. The van der Waals surface area contributed by atoms with Crippen molar-refractivity contribution in [1.29, 1.82) is 0 Å². The number of dihydropyridines is 1. The van der Waals surface area contributed by atoms with Crippen LogP contribution in [0.2, 0.25) is 0 Å². The zero-order valence-electron chi connectivity index (χ0n) is 5.98. The minimum Gasteiger partial charge on any atom is -0.368 e. The molecule has 0 amide bonds. The molecule has 1 unspecified atom stereocenters. The highest BCUT2D eigenvalue weighted by molar-refractivity contribution is 7.87. The Bertz CT molecular complexity index is 304. The Kier molecular flexibility index (Phi) is 1.77. The minimum atomic E-state index is -4.07. The Hall–Kier alpha value is -0.810. The molecule has 0 aromatic carbocycles. The van der Waals surface area contributed by atoms with Gasteiger partial charge in [0.05, 0.1) is 0 Å². The maximum Gasteiger partial charge on any atom is 0.292 e. The summed E-state index contributed by atoms with van der Waals surface area (Å²) < 4.78 is 30.2. The molecule has 0 aromatic rings. The number of hydrogen-bond donors (Lipinski definition) is 2. The number of hydrogen-bond acceptors (Lipinski definition) is 3. The third kappa shape index (κ3) is 1.44. The molecule has 62 valence electrons. The van der Waals surface area contributed by atoms with Crippen LogP contribution in [0.3, 0.4) is 0 Å². The first kappa shape index (κ1) is 8.29. The first-order valence-corrected chi connectivity index (χ1v) is 4.49. The van der Waals surface area contributed by atoms with Gasteiger partial charge < -0.3 is 5.32 Å². The van der Waals surface area contributed by atoms with Gasteiger partial charge in [-0.3, -0.25) is 4.55 Å². The lowest BCUT2D eigenvalue weighted by Gasteiger charge is -2.24. The first-order valence-electron chi connectivity index (χ1n) is 3.05. The highest BCUT2D eigenvalue weighted by Crippen LogP contribution is 2.16. The largest absolute Gasteiger partial charge is 0.368 e. The van der Waals surface area contributed by atoms with Crippen LogP contribution in [0.1, 0.15) is 6.92 Å². The van der Waals surface area contributed by atoms with Gasteiger partial charge in [0.2, 0.25) is 0 Å². The lowest BCUT2D eigenvalue weighted by atomic mass is 10.2. The van der Waals surface area contributed by atoms with Crippen LogP contribution in [0.4, 0.5) is 0 Å². The average Bonchev–Trinajstić information content (AvgIpc) is 1.87. The summed E-state index contributed by atoms with van der Waals surface area (Å²) in [5.74, 6) is 0. The van der Waals surface area contributed by atoms with Crippen LogP contribution in [0.5, 0.6) is 0 Å². The molecule has 0 aromatic heterocycles. The summed E-state index contributed by atoms with van der Waals surface area (Å²) in [7, 11) is -4.07. The van der Waals surface area contributed by atoms with Gasteiger partial charge in [-0.15, -0.1) is 0 Å². The van der Waals surface area contributed by atoms with Crippen LogP contribution in [0.25, 0.3) is 0 Å². The van der Waals surface area contributed by atoms with Crippen molar-refractivity contribution >= 4 is 10.1 Å². The van der Waals surface area contributed by atoms with Crippen molar-refractivity contribution in [3.8, 4) is 0 Å². The lowest BCUT2D eigenvalue weighted by Crippen LogP contribution is -2.45. The molecule has 1 rings (SSSR count). The van der Waals surface area contributed by atoms with Gasteiger partial charge >= 0.3 is 0 Å². The van der Waals surface area contributed by atoms with Gasteiger partial charge in [0.15, 0.2) is 4.87 Å². The van der Waals surface area contributed by atoms with Gasteiger partial charge in [-0.25, -0.2) is 0 Å². The van der Waals surface area contributed by atoms with Crippen LogP contribution >= 0.6 is 0 Å². The van der Waals surface area contributed by atoms with E-state index in [1.165, 1.54) is 19.2 Å². The molecule has 0 fully saturated rings. The first-order chi connectivity index (χ1) is 4.96. The molecule has 0 spiro atoms. The summed E-state index contributed by atoms with van der Waals surface area (Å²) in [5.41, 5.74) is 0. The van der Waals surface area contributed by atoms with Crippen LogP contribution < -0.4 is 5.32 Å². The zero-order chi connectivity index (χ0) is 8.54. The molecule has 1 aliphatic heterocycles.